The van der Waals surface area contributed by atoms with Gasteiger partial charge in [-0.25, -0.2) is 4.39 Å². The number of halogens is 2. The third kappa shape index (κ3) is 5.27. The Bertz CT molecular complexity index is 1200. The highest BCUT2D eigenvalue weighted by molar-refractivity contribution is 7.10. The Morgan fingerprint density at radius 1 is 0.914 bits per heavy atom. The summed E-state index contributed by atoms with van der Waals surface area (Å²) >= 11 is 7.90. The van der Waals surface area contributed by atoms with Gasteiger partial charge in [-0.05, 0) is 71.8 Å². The average molecular weight is 512 g/mol. The monoisotopic (exact) mass is 511 g/mol. The van der Waals surface area contributed by atoms with Crippen molar-refractivity contribution < 1.29 is 14.0 Å². The normalized spacial score (nSPS) is 18.7. The molecular weight excluding hydrogens is 485 g/mol. The van der Waals surface area contributed by atoms with E-state index in [0.717, 1.165) is 18.5 Å². The van der Waals surface area contributed by atoms with Crippen LogP contribution in [0.25, 0.3) is 0 Å². The molecular formula is C27H27ClFN3O2S. The number of nitrogens with zero attached hydrogens (tertiary/aromatic N) is 3. The second kappa shape index (κ2) is 10.5. The van der Waals surface area contributed by atoms with Gasteiger partial charge < -0.3 is 9.80 Å². The van der Waals surface area contributed by atoms with Gasteiger partial charge >= 0.3 is 0 Å². The number of hydrogen-bond donors (Lipinski definition) is 0. The van der Waals surface area contributed by atoms with Crippen molar-refractivity contribution in [3.63, 3.8) is 0 Å². The zero-order chi connectivity index (χ0) is 24.4. The van der Waals surface area contributed by atoms with Gasteiger partial charge in [0, 0.05) is 48.2 Å². The van der Waals surface area contributed by atoms with E-state index in [1.165, 1.54) is 34.7 Å². The lowest BCUT2D eigenvalue weighted by atomic mass is 9.93. The van der Waals surface area contributed by atoms with E-state index in [0.29, 0.717) is 49.7 Å². The lowest BCUT2D eigenvalue weighted by Crippen LogP contribution is -2.45. The molecule has 1 unspecified atom stereocenters. The van der Waals surface area contributed by atoms with Crippen LogP contribution in [-0.4, -0.2) is 65.8 Å². The summed E-state index contributed by atoms with van der Waals surface area (Å²) in [7, 11) is 0. The minimum absolute atomic E-state index is 0.0229. The highest BCUT2D eigenvalue weighted by atomic mass is 35.5. The van der Waals surface area contributed by atoms with Crippen LogP contribution >= 0.6 is 22.9 Å². The molecule has 0 radical (unpaired) electrons. The van der Waals surface area contributed by atoms with Crippen LogP contribution in [0.2, 0.25) is 5.02 Å². The third-order valence-electron chi connectivity index (χ3n) is 6.82. The highest BCUT2D eigenvalue weighted by Gasteiger charge is 2.32. The maximum atomic E-state index is 13.4. The van der Waals surface area contributed by atoms with Gasteiger partial charge in [0.05, 0.1) is 12.6 Å². The molecule has 5 nitrogen and oxygen atoms in total. The van der Waals surface area contributed by atoms with Gasteiger partial charge in [0.2, 0.25) is 5.91 Å². The summed E-state index contributed by atoms with van der Waals surface area (Å²) in [4.78, 5) is 33.5. The van der Waals surface area contributed by atoms with Crippen LogP contribution in [0, 0.1) is 5.82 Å². The van der Waals surface area contributed by atoms with Gasteiger partial charge in [0.25, 0.3) is 5.91 Å². The summed E-state index contributed by atoms with van der Waals surface area (Å²) in [6.07, 6.45) is 1.65. The van der Waals surface area contributed by atoms with Gasteiger partial charge in [-0.15, -0.1) is 11.3 Å². The number of amides is 2. The summed E-state index contributed by atoms with van der Waals surface area (Å²) in [5.41, 5.74) is 2.87. The zero-order valence-electron chi connectivity index (χ0n) is 19.3. The molecule has 0 bridgehead atoms. The van der Waals surface area contributed by atoms with Crippen molar-refractivity contribution in [1.29, 1.82) is 0 Å². The second-order valence-corrected chi connectivity index (χ2v) is 10.4. The third-order valence-corrected chi connectivity index (χ3v) is 8.07. The topological polar surface area (TPSA) is 43.9 Å². The quantitative estimate of drug-likeness (QED) is 0.502. The predicted molar refractivity (Wildman–Crippen MR) is 136 cm³/mol. The fourth-order valence-corrected chi connectivity index (χ4v) is 6.02. The molecule has 3 aromatic rings. The van der Waals surface area contributed by atoms with Crippen LogP contribution in [0.4, 0.5) is 4.39 Å². The van der Waals surface area contributed by atoms with Crippen molar-refractivity contribution in [3.05, 3.63) is 92.4 Å². The fraction of sp³-hybridized carbons (Fsp3) is 0.333. The van der Waals surface area contributed by atoms with E-state index < -0.39 is 0 Å². The summed E-state index contributed by atoms with van der Waals surface area (Å²) in [5.74, 6) is -0.403. The van der Waals surface area contributed by atoms with E-state index >= 15 is 0 Å². The van der Waals surface area contributed by atoms with E-state index in [-0.39, 0.29) is 23.7 Å². The molecule has 5 rings (SSSR count). The Balaban J connectivity index is 1.27. The van der Waals surface area contributed by atoms with E-state index in [1.807, 2.05) is 29.2 Å². The Hall–Kier alpha value is -2.74. The summed E-state index contributed by atoms with van der Waals surface area (Å²) in [6.45, 7) is 3.31. The molecule has 1 aromatic heterocycles. The van der Waals surface area contributed by atoms with Crippen LogP contribution in [0.15, 0.2) is 60.0 Å². The fourth-order valence-electron chi connectivity index (χ4n) is 4.99. The van der Waals surface area contributed by atoms with Gasteiger partial charge in [0.15, 0.2) is 0 Å². The van der Waals surface area contributed by atoms with E-state index in [2.05, 4.69) is 16.3 Å². The number of carbonyl (C=O) groups excluding carboxylic acids is 2. The van der Waals surface area contributed by atoms with Gasteiger partial charge in [-0.3, -0.25) is 14.5 Å². The van der Waals surface area contributed by atoms with Crippen LogP contribution < -0.4 is 0 Å². The lowest BCUT2D eigenvalue weighted by molar-refractivity contribution is -0.132. The molecule has 0 saturated carbocycles. The number of fused-ring (bicyclic) bond motifs is 1. The number of hydrogen-bond acceptors (Lipinski definition) is 4. The van der Waals surface area contributed by atoms with Crippen molar-refractivity contribution in [1.82, 2.24) is 14.7 Å². The number of rotatable bonds is 4. The number of thiophene rings is 1. The first-order valence-corrected chi connectivity index (χ1v) is 13.1. The Kier molecular flexibility index (Phi) is 7.18. The molecule has 2 amide bonds. The van der Waals surface area contributed by atoms with Crippen molar-refractivity contribution >= 4 is 34.8 Å². The van der Waals surface area contributed by atoms with Crippen molar-refractivity contribution in [2.45, 2.75) is 18.9 Å². The van der Waals surface area contributed by atoms with E-state index in [9.17, 15) is 14.0 Å². The van der Waals surface area contributed by atoms with Crippen molar-refractivity contribution in [2.24, 2.45) is 0 Å². The van der Waals surface area contributed by atoms with Crippen molar-refractivity contribution in [2.75, 3.05) is 39.3 Å². The molecule has 35 heavy (non-hydrogen) atoms. The highest BCUT2D eigenvalue weighted by Crippen LogP contribution is 2.38. The molecule has 3 heterocycles. The van der Waals surface area contributed by atoms with Gasteiger partial charge in [-0.1, -0.05) is 23.7 Å². The van der Waals surface area contributed by atoms with Crippen LogP contribution in [0.5, 0.6) is 0 Å². The van der Waals surface area contributed by atoms with Crippen LogP contribution in [0.3, 0.4) is 0 Å². The minimum atomic E-state index is -0.363. The predicted octanol–water partition coefficient (Wildman–Crippen LogP) is 4.86. The maximum Gasteiger partial charge on any atom is 0.253 e. The molecule has 1 atom stereocenters. The average Bonchev–Trinajstić information content (AvgIpc) is 3.20. The molecule has 2 aromatic carbocycles. The summed E-state index contributed by atoms with van der Waals surface area (Å²) in [5, 5.41) is 2.82. The van der Waals surface area contributed by atoms with Crippen LogP contribution in [-0.2, 0) is 11.2 Å². The van der Waals surface area contributed by atoms with Gasteiger partial charge in [-0.2, -0.15) is 0 Å². The van der Waals surface area contributed by atoms with Crippen molar-refractivity contribution in [3.8, 4) is 0 Å². The molecule has 0 aliphatic carbocycles. The molecule has 182 valence electrons. The first kappa shape index (κ1) is 24.0. The first-order valence-electron chi connectivity index (χ1n) is 11.9. The molecule has 8 heteroatoms. The van der Waals surface area contributed by atoms with E-state index in [4.69, 9.17) is 11.6 Å². The number of carbonyl (C=O) groups is 2. The molecule has 1 saturated heterocycles. The Labute approximate surface area is 213 Å². The molecule has 0 N–H and O–H groups in total. The summed E-state index contributed by atoms with van der Waals surface area (Å²) in [6, 6.07) is 15.7. The smallest absolute Gasteiger partial charge is 0.253 e. The minimum Gasteiger partial charge on any atom is -0.340 e. The Morgan fingerprint density at radius 2 is 1.63 bits per heavy atom. The Morgan fingerprint density at radius 3 is 2.40 bits per heavy atom. The van der Waals surface area contributed by atoms with E-state index in [1.54, 1.807) is 16.2 Å². The largest absolute Gasteiger partial charge is 0.340 e. The standard InChI is InChI=1S/C27H27ClFN3O2S/c28-21-6-2-19(3-7-21)26-23-11-17-35-24(23)10-14-32(26)18-25(33)30-12-1-13-31(16-15-30)27(34)20-4-8-22(29)9-5-20/h2-9,11,17,26H,1,10,12-16,18H2. The SMILES string of the molecule is O=C(CN1CCc2sccc2C1c1ccc(Cl)cc1)N1CCCN(C(=O)c2ccc(F)cc2)CC1. The van der Waals surface area contributed by atoms with Crippen LogP contribution in [0.1, 0.15) is 38.8 Å². The maximum absolute atomic E-state index is 13.4. The summed E-state index contributed by atoms with van der Waals surface area (Å²) < 4.78 is 13.2. The molecule has 0 spiro atoms. The molecule has 2 aliphatic heterocycles. The first-order chi connectivity index (χ1) is 17.0. The number of benzene rings is 2. The molecule has 1 fully saturated rings. The van der Waals surface area contributed by atoms with Gasteiger partial charge in [0.1, 0.15) is 5.82 Å². The molecule has 2 aliphatic rings. The second-order valence-electron chi connectivity index (χ2n) is 9.01. The lowest BCUT2D eigenvalue weighted by Gasteiger charge is -2.37. The zero-order valence-corrected chi connectivity index (χ0v) is 20.9.